The first-order valence-corrected chi connectivity index (χ1v) is 8.14. The summed E-state index contributed by atoms with van der Waals surface area (Å²) in [6.45, 7) is 1.43. The van der Waals surface area contributed by atoms with Crippen molar-refractivity contribution in [3.8, 4) is 5.75 Å². The van der Waals surface area contributed by atoms with Gasteiger partial charge in [0, 0.05) is 18.7 Å². The Morgan fingerprint density at radius 1 is 1.40 bits per heavy atom. The normalized spacial score (nSPS) is 20.4. The SMILES string of the molecule is COc1ccc(NC(C)=O)cc1NC1CCS(=O)(=O)C1. The van der Waals surface area contributed by atoms with Crippen LogP contribution in [0.25, 0.3) is 0 Å². The Morgan fingerprint density at radius 2 is 2.15 bits per heavy atom. The van der Waals surface area contributed by atoms with E-state index in [2.05, 4.69) is 10.6 Å². The summed E-state index contributed by atoms with van der Waals surface area (Å²) < 4.78 is 28.2. The molecule has 0 aliphatic carbocycles. The van der Waals surface area contributed by atoms with Crippen LogP contribution in [0, 0.1) is 0 Å². The van der Waals surface area contributed by atoms with Gasteiger partial charge in [0.2, 0.25) is 5.91 Å². The summed E-state index contributed by atoms with van der Waals surface area (Å²) in [5.41, 5.74) is 1.32. The van der Waals surface area contributed by atoms with Crippen molar-refractivity contribution in [1.29, 1.82) is 0 Å². The summed E-state index contributed by atoms with van der Waals surface area (Å²) >= 11 is 0. The van der Waals surface area contributed by atoms with Crippen LogP contribution in [0.15, 0.2) is 18.2 Å². The van der Waals surface area contributed by atoms with Crippen molar-refractivity contribution in [3.05, 3.63) is 18.2 Å². The molecule has 1 aromatic carbocycles. The van der Waals surface area contributed by atoms with Crippen molar-refractivity contribution in [1.82, 2.24) is 0 Å². The molecule has 0 bridgehead atoms. The molecular formula is C13H18N2O4S. The number of anilines is 2. The highest BCUT2D eigenvalue weighted by atomic mass is 32.2. The van der Waals surface area contributed by atoms with Crippen molar-refractivity contribution in [2.24, 2.45) is 0 Å². The van der Waals surface area contributed by atoms with E-state index >= 15 is 0 Å². The van der Waals surface area contributed by atoms with Crippen LogP contribution < -0.4 is 15.4 Å². The minimum absolute atomic E-state index is 0.124. The zero-order chi connectivity index (χ0) is 14.8. The summed E-state index contributed by atoms with van der Waals surface area (Å²) in [5.74, 6) is 0.784. The highest BCUT2D eigenvalue weighted by Gasteiger charge is 2.28. The van der Waals surface area contributed by atoms with Gasteiger partial charge in [0.1, 0.15) is 5.75 Å². The fourth-order valence-corrected chi connectivity index (χ4v) is 3.90. The lowest BCUT2D eigenvalue weighted by atomic mass is 10.2. The molecule has 0 radical (unpaired) electrons. The Balaban J connectivity index is 2.18. The Labute approximate surface area is 118 Å². The third-order valence-electron chi connectivity index (χ3n) is 3.11. The van der Waals surface area contributed by atoms with Gasteiger partial charge >= 0.3 is 0 Å². The lowest BCUT2D eigenvalue weighted by Gasteiger charge is -2.16. The van der Waals surface area contributed by atoms with Gasteiger partial charge in [-0.15, -0.1) is 0 Å². The van der Waals surface area contributed by atoms with Crippen LogP contribution in [0.3, 0.4) is 0 Å². The van der Waals surface area contributed by atoms with Crippen molar-refractivity contribution >= 4 is 27.1 Å². The Bertz CT molecular complexity index is 613. The molecule has 1 aromatic rings. The monoisotopic (exact) mass is 298 g/mol. The first-order valence-electron chi connectivity index (χ1n) is 6.32. The largest absolute Gasteiger partial charge is 0.495 e. The number of sulfone groups is 1. The van der Waals surface area contributed by atoms with Gasteiger partial charge in [-0.3, -0.25) is 4.79 Å². The zero-order valence-corrected chi connectivity index (χ0v) is 12.3. The second kappa shape index (κ2) is 5.70. The topological polar surface area (TPSA) is 84.5 Å². The maximum atomic E-state index is 11.5. The minimum atomic E-state index is -2.94. The standard InChI is InChI=1S/C13H18N2O4S/c1-9(16)14-10-3-4-13(19-2)12(7-10)15-11-5-6-20(17,18)8-11/h3-4,7,11,15H,5-6,8H2,1-2H3,(H,14,16). The molecule has 0 spiro atoms. The molecule has 20 heavy (non-hydrogen) atoms. The molecule has 1 atom stereocenters. The van der Waals surface area contributed by atoms with E-state index in [-0.39, 0.29) is 23.5 Å². The molecule has 6 nitrogen and oxygen atoms in total. The van der Waals surface area contributed by atoms with Crippen molar-refractivity contribution in [2.45, 2.75) is 19.4 Å². The van der Waals surface area contributed by atoms with Crippen molar-refractivity contribution in [3.63, 3.8) is 0 Å². The number of carbonyl (C=O) groups is 1. The summed E-state index contributed by atoms with van der Waals surface area (Å²) in [6.07, 6.45) is 0.579. The molecule has 1 aliphatic heterocycles. The molecule has 1 fully saturated rings. The Kier molecular flexibility index (Phi) is 4.17. The summed E-state index contributed by atoms with van der Waals surface area (Å²) in [6, 6.07) is 5.08. The molecule has 1 aliphatic rings. The van der Waals surface area contributed by atoms with Crippen LogP contribution in [0.4, 0.5) is 11.4 Å². The smallest absolute Gasteiger partial charge is 0.221 e. The van der Waals surface area contributed by atoms with Crippen LogP contribution in [-0.2, 0) is 14.6 Å². The molecule has 0 saturated carbocycles. The van der Waals surface area contributed by atoms with E-state index in [9.17, 15) is 13.2 Å². The average Bonchev–Trinajstić information content (AvgIpc) is 2.68. The predicted octanol–water partition coefficient (Wildman–Crippen LogP) is 1.25. The quantitative estimate of drug-likeness (QED) is 0.874. The van der Waals surface area contributed by atoms with Crippen LogP contribution in [-0.4, -0.2) is 39.0 Å². The van der Waals surface area contributed by atoms with E-state index in [1.807, 2.05) is 0 Å². The molecular weight excluding hydrogens is 280 g/mol. The number of rotatable bonds is 4. The van der Waals surface area contributed by atoms with E-state index in [0.29, 0.717) is 23.5 Å². The molecule has 1 unspecified atom stereocenters. The first-order chi connectivity index (χ1) is 9.39. The van der Waals surface area contributed by atoms with Gasteiger partial charge in [-0.05, 0) is 24.6 Å². The number of nitrogens with one attached hydrogen (secondary N) is 2. The Hall–Kier alpha value is -1.76. The van der Waals surface area contributed by atoms with Gasteiger partial charge in [-0.1, -0.05) is 0 Å². The fourth-order valence-electron chi connectivity index (χ4n) is 2.23. The molecule has 110 valence electrons. The van der Waals surface area contributed by atoms with Gasteiger partial charge in [0.25, 0.3) is 0 Å². The summed E-state index contributed by atoms with van der Waals surface area (Å²) in [4.78, 5) is 11.1. The molecule has 2 N–H and O–H groups in total. The summed E-state index contributed by atoms with van der Waals surface area (Å²) in [7, 11) is -1.39. The molecule has 2 rings (SSSR count). The lowest BCUT2D eigenvalue weighted by Crippen LogP contribution is -2.21. The van der Waals surface area contributed by atoms with Gasteiger partial charge in [0.15, 0.2) is 9.84 Å². The van der Waals surface area contributed by atoms with E-state index in [4.69, 9.17) is 4.74 Å². The highest BCUT2D eigenvalue weighted by molar-refractivity contribution is 7.91. The number of hydrogen-bond acceptors (Lipinski definition) is 5. The van der Waals surface area contributed by atoms with Crippen molar-refractivity contribution in [2.75, 3.05) is 29.2 Å². The van der Waals surface area contributed by atoms with E-state index < -0.39 is 9.84 Å². The third-order valence-corrected chi connectivity index (χ3v) is 4.88. The van der Waals surface area contributed by atoms with E-state index in [1.54, 1.807) is 25.3 Å². The predicted molar refractivity (Wildman–Crippen MR) is 78.0 cm³/mol. The van der Waals surface area contributed by atoms with Crippen molar-refractivity contribution < 1.29 is 17.9 Å². The number of amides is 1. The molecule has 1 saturated heterocycles. The maximum absolute atomic E-state index is 11.5. The second-order valence-corrected chi connectivity index (χ2v) is 7.07. The number of methoxy groups -OCH3 is 1. The minimum Gasteiger partial charge on any atom is -0.495 e. The van der Waals surface area contributed by atoms with Crippen LogP contribution in [0.2, 0.25) is 0 Å². The lowest BCUT2D eigenvalue weighted by molar-refractivity contribution is -0.114. The Morgan fingerprint density at radius 3 is 2.70 bits per heavy atom. The molecule has 1 heterocycles. The maximum Gasteiger partial charge on any atom is 0.221 e. The number of benzene rings is 1. The molecule has 1 amide bonds. The second-order valence-electron chi connectivity index (χ2n) is 4.84. The van der Waals surface area contributed by atoms with Gasteiger partial charge < -0.3 is 15.4 Å². The highest BCUT2D eigenvalue weighted by Crippen LogP contribution is 2.30. The summed E-state index contributed by atoms with van der Waals surface area (Å²) in [5, 5.41) is 5.86. The van der Waals surface area contributed by atoms with Gasteiger partial charge in [0.05, 0.1) is 24.3 Å². The van der Waals surface area contributed by atoms with Gasteiger partial charge in [-0.25, -0.2) is 8.42 Å². The number of hydrogen-bond donors (Lipinski definition) is 2. The van der Waals surface area contributed by atoms with E-state index in [1.165, 1.54) is 6.92 Å². The average molecular weight is 298 g/mol. The van der Waals surface area contributed by atoms with Gasteiger partial charge in [-0.2, -0.15) is 0 Å². The number of ether oxygens (including phenoxy) is 1. The molecule has 0 aromatic heterocycles. The number of carbonyl (C=O) groups excluding carboxylic acids is 1. The van der Waals surface area contributed by atoms with Crippen LogP contribution in [0.5, 0.6) is 5.75 Å². The van der Waals surface area contributed by atoms with Crippen LogP contribution >= 0.6 is 0 Å². The molecule has 7 heteroatoms. The van der Waals surface area contributed by atoms with Crippen LogP contribution in [0.1, 0.15) is 13.3 Å². The first kappa shape index (κ1) is 14.6. The van der Waals surface area contributed by atoms with E-state index in [0.717, 1.165) is 0 Å². The third kappa shape index (κ3) is 3.63. The zero-order valence-electron chi connectivity index (χ0n) is 11.5. The fraction of sp³-hybridized carbons (Fsp3) is 0.462.